The third-order valence-corrected chi connectivity index (χ3v) is 2.85. The summed E-state index contributed by atoms with van der Waals surface area (Å²) in [5.41, 5.74) is -1.04. The summed E-state index contributed by atoms with van der Waals surface area (Å²) < 4.78 is 1.03. The minimum absolute atomic E-state index is 0.220. The molecule has 0 saturated carbocycles. The van der Waals surface area contributed by atoms with E-state index in [0.717, 1.165) is 29.3 Å². The normalized spacial score (nSPS) is 11.1. The van der Waals surface area contributed by atoms with Crippen LogP contribution in [0.4, 0.5) is 5.69 Å². The second-order valence-electron chi connectivity index (χ2n) is 4.90. The van der Waals surface area contributed by atoms with E-state index >= 15 is 0 Å². The molecule has 0 fully saturated rings. The fraction of sp³-hybridized carbons (Fsp3) is 0.500. The van der Waals surface area contributed by atoms with Crippen LogP contribution >= 0.6 is 0 Å². The highest BCUT2D eigenvalue weighted by Gasteiger charge is 2.18. The van der Waals surface area contributed by atoms with Crippen LogP contribution in [0.5, 0.6) is 0 Å². The molecule has 0 bridgehead atoms. The molecule has 7 heteroatoms. The highest BCUT2D eigenvalue weighted by atomic mass is 16.6. The Balaban J connectivity index is 2.88. The zero-order valence-corrected chi connectivity index (χ0v) is 11.2. The maximum Gasteiger partial charge on any atom is 0.285 e. The van der Waals surface area contributed by atoms with Gasteiger partial charge in [0, 0.05) is 17.7 Å². The fourth-order valence-electron chi connectivity index (χ4n) is 1.41. The molecule has 0 aliphatic carbocycles. The lowest BCUT2D eigenvalue weighted by atomic mass is 10.0. The summed E-state index contributed by atoms with van der Waals surface area (Å²) in [6, 6.07) is 2.20. The van der Waals surface area contributed by atoms with Gasteiger partial charge in [0.2, 0.25) is 5.91 Å². The number of hydrogen-bond acceptors (Lipinski definition) is 4. The van der Waals surface area contributed by atoms with Gasteiger partial charge in [0.15, 0.2) is 0 Å². The Labute approximate surface area is 110 Å². The molecule has 7 nitrogen and oxygen atoms in total. The molecule has 1 rings (SSSR count). The summed E-state index contributed by atoms with van der Waals surface area (Å²) in [5.74, 6) is -0.352. The predicted molar refractivity (Wildman–Crippen MR) is 69.9 cm³/mol. The lowest BCUT2D eigenvalue weighted by Gasteiger charge is -2.24. The largest absolute Gasteiger partial charge is 0.350 e. The van der Waals surface area contributed by atoms with E-state index < -0.39 is 10.5 Å². The van der Waals surface area contributed by atoms with E-state index in [1.54, 1.807) is 0 Å². The molecule has 0 aliphatic rings. The first-order valence-electron chi connectivity index (χ1n) is 5.91. The average molecular weight is 267 g/mol. The van der Waals surface area contributed by atoms with Crippen molar-refractivity contribution in [1.82, 2.24) is 9.88 Å². The van der Waals surface area contributed by atoms with Crippen molar-refractivity contribution in [3.63, 3.8) is 0 Å². The average Bonchev–Trinajstić information content (AvgIpc) is 2.31. The zero-order valence-electron chi connectivity index (χ0n) is 11.2. The number of nitrogens with zero attached hydrogens (tertiary/aromatic N) is 2. The number of rotatable bonds is 5. The molecular formula is C12H17N3O4. The van der Waals surface area contributed by atoms with Gasteiger partial charge in [0.25, 0.3) is 11.2 Å². The molecule has 0 spiro atoms. The molecule has 0 saturated heterocycles. The second kappa shape index (κ2) is 5.64. The van der Waals surface area contributed by atoms with Gasteiger partial charge < -0.3 is 5.32 Å². The van der Waals surface area contributed by atoms with Gasteiger partial charge in [-0.1, -0.05) is 6.92 Å². The number of nitrogens with one attached hydrogen (secondary N) is 1. The van der Waals surface area contributed by atoms with E-state index in [0.29, 0.717) is 0 Å². The lowest BCUT2D eigenvalue weighted by Crippen LogP contribution is -2.45. The summed E-state index contributed by atoms with van der Waals surface area (Å²) in [6.07, 6.45) is 1.81. The second-order valence-corrected chi connectivity index (χ2v) is 4.90. The smallest absolute Gasteiger partial charge is 0.285 e. The minimum atomic E-state index is -0.607. The number of aromatic nitrogens is 1. The Hall–Kier alpha value is -2.18. The molecule has 0 unspecified atom stereocenters. The van der Waals surface area contributed by atoms with Crippen molar-refractivity contribution in [1.29, 1.82) is 0 Å². The van der Waals surface area contributed by atoms with Crippen molar-refractivity contribution in [3.05, 3.63) is 38.8 Å². The molecular weight excluding hydrogens is 250 g/mol. The van der Waals surface area contributed by atoms with E-state index in [-0.39, 0.29) is 23.7 Å². The quantitative estimate of drug-likeness (QED) is 0.637. The van der Waals surface area contributed by atoms with Crippen LogP contribution in [0.1, 0.15) is 27.2 Å². The van der Waals surface area contributed by atoms with Crippen LogP contribution in [-0.4, -0.2) is 20.9 Å². The van der Waals surface area contributed by atoms with Gasteiger partial charge >= 0.3 is 0 Å². The van der Waals surface area contributed by atoms with Crippen LogP contribution in [0.15, 0.2) is 23.1 Å². The van der Waals surface area contributed by atoms with E-state index in [4.69, 9.17) is 0 Å². The van der Waals surface area contributed by atoms with Crippen LogP contribution in [0, 0.1) is 10.1 Å². The molecule has 1 aromatic rings. The third-order valence-electron chi connectivity index (χ3n) is 2.85. The van der Waals surface area contributed by atoms with Crippen molar-refractivity contribution in [2.24, 2.45) is 0 Å². The SMILES string of the molecule is CCC(C)(C)NC(=O)Cn1cc([N+](=O)[O-])ccc1=O. The lowest BCUT2D eigenvalue weighted by molar-refractivity contribution is -0.385. The van der Waals surface area contributed by atoms with E-state index in [1.165, 1.54) is 0 Å². The van der Waals surface area contributed by atoms with Crippen molar-refractivity contribution >= 4 is 11.6 Å². The van der Waals surface area contributed by atoms with Gasteiger partial charge in [-0.25, -0.2) is 0 Å². The van der Waals surface area contributed by atoms with E-state index in [2.05, 4.69) is 5.32 Å². The molecule has 0 aromatic carbocycles. The molecule has 1 amide bonds. The molecule has 1 aromatic heterocycles. The highest BCUT2D eigenvalue weighted by molar-refractivity contribution is 5.76. The summed E-state index contributed by atoms with van der Waals surface area (Å²) in [4.78, 5) is 33.3. The first-order chi connectivity index (χ1) is 8.75. The third kappa shape index (κ3) is 4.20. The van der Waals surface area contributed by atoms with Crippen molar-refractivity contribution in [3.8, 4) is 0 Å². The van der Waals surface area contributed by atoms with Gasteiger partial charge in [-0.3, -0.25) is 24.3 Å². The standard InChI is InChI=1S/C12H17N3O4/c1-4-12(2,3)13-10(16)8-14-7-9(15(18)19)5-6-11(14)17/h5-7H,4,8H2,1-3H3,(H,13,16). The number of hydrogen-bond donors (Lipinski definition) is 1. The van der Waals surface area contributed by atoms with Gasteiger partial charge in [-0.2, -0.15) is 0 Å². The van der Waals surface area contributed by atoms with E-state index in [1.807, 2.05) is 20.8 Å². The van der Waals surface area contributed by atoms with Crippen molar-refractivity contribution in [2.45, 2.75) is 39.3 Å². The van der Waals surface area contributed by atoms with Crippen LogP contribution in [0.25, 0.3) is 0 Å². The summed E-state index contributed by atoms with van der Waals surface area (Å²) in [6.45, 7) is 5.42. The van der Waals surface area contributed by atoms with Crippen molar-refractivity contribution < 1.29 is 9.72 Å². The van der Waals surface area contributed by atoms with Crippen LogP contribution < -0.4 is 10.9 Å². The fourth-order valence-corrected chi connectivity index (χ4v) is 1.41. The monoisotopic (exact) mass is 267 g/mol. The topological polar surface area (TPSA) is 94.2 Å². The first kappa shape index (κ1) is 14.9. The first-order valence-corrected chi connectivity index (χ1v) is 5.91. The van der Waals surface area contributed by atoms with Gasteiger partial charge in [-0.05, 0) is 20.3 Å². The Bertz CT molecular complexity index is 548. The number of carbonyl (C=O) groups excluding carboxylic acids is 1. The van der Waals surface area contributed by atoms with Crippen molar-refractivity contribution in [2.75, 3.05) is 0 Å². The Morgan fingerprint density at radius 1 is 1.47 bits per heavy atom. The Kier molecular flexibility index (Phi) is 4.42. The minimum Gasteiger partial charge on any atom is -0.350 e. The Morgan fingerprint density at radius 2 is 2.11 bits per heavy atom. The molecule has 1 heterocycles. The summed E-state index contributed by atoms with van der Waals surface area (Å²) in [5, 5.41) is 13.4. The number of amides is 1. The maximum atomic E-state index is 11.8. The zero-order chi connectivity index (χ0) is 14.6. The van der Waals surface area contributed by atoms with Crippen LogP contribution in [0.3, 0.4) is 0 Å². The molecule has 0 aliphatic heterocycles. The molecule has 1 N–H and O–H groups in total. The van der Waals surface area contributed by atoms with Crippen LogP contribution in [-0.2, 0) is 11.3 Å². The summed E-state index contributed by atoms with van der Waals surface area (Å²) >= 11 is 0. The number of nitro groups is 1. The number of pyridine rings is 1. The van der Waals surface area contributed by atoms with Crippen LogP contribution in [0.2, 0.25) is 0 Å². The molecule has 104 valence electrons. The number of carbonyl (C=O) groups is 1. The molecule has 19 heavy (non-hydrogen) atoms. The highest BCUT2D eigenvalue weighted by Crippen LogP contribution is 2.08. The van der Waals surface area contributed by atoms with Gasteiger partial charge in [-0.15, -0.1) is 0 Å². The molecule has 0 atom stereocenters. The summed E-state index contributed by atoms with van der Waals surface area (Å²) in [7, 11) is 0. The Morgan fingerprint density at radius 3 is 2.63 bits per heavy atom. The van der Waals surface area contributed by atoms with Gasteiger partial charge in [0.1, 0.15) is 6.54 Å². The van der Waals surface area contributed by atoms with Gasteiger partial charge in [0.05, 0.1) is 11.1 Å². The molecule has 0 radical (unpaired) electrons. The maximum absolute atomic E-state index is 11.8. The predicted octanol–water partition coefficient (Wildman–Crippen LogP) is 1.06. The van der Waals surface area contributed by atoms with E-state index in [9.17, 15) is 19.7 Å².